The predicted molar refractivity (Wildman–Crippen MR) is 58.7 cm³/mol. The highest BCUT2D eigenvalue weighted by Crippen LogP contribution is 2.02. The van der Waals surface area contributed by atoms with E-state index in [0.717, 1.165) is 5.82 Å². The van der Waals surface area contributed by atoms with Gasteiger partial charge in [0, 0.05) is 18.5 Å². The molecule has 2 heterocycles. The highest BCUT2D eigenvalue weighted by molar-refractivity contribution is 5.22. The fourth-order valence-corrected chi connectivity index (χ4v) is 1.40. The van der Waals surface area contributed by atoms with E-state index < -0.39 is 0 Å². The van der Waals surface area contributed by atoms with Crippen LogP contribution in [-0.2, 0) is 6.54 Å². The summed E-state index contributed by atoms with van der Waals surface area (Å²) in [7, 11) is 0. The number of aromatic amines is 1. The van der Waals surface area contributed by atoms with Crippen molar-refractivity contribution in [2.45, 2.75) is 13.5 Å². The number of anilines is 1. The maximum Gasteiger partial charge on any atom is 0.252 e. The molecule has 0 aliphatic heterocycles. The van der Waals surface area contributed by atoms with Gasteiger partial charge < -0.3 is 4.57 Å². The molecule has 0 aromatic carbocycles. The van der Waals surface area contributed by atoms with Crippen molar-refractivity contribution in [1.82, 2.24) is 19.5 Å². The minimum Gasteiger partial charge on any atom is -0.329 e. The van der Waals surface area contributed by atoms with E-state index in [1.165, 1.54) is 6.07 Å². The Bertz CT molecular complexity index is 543. The third-order valence-electron chi connectivity index (χ3n) is 2.19. The molecule has 0 aliphatic carbocycles. The number of H-pyrrole nitrogens is 1. The highest BCUT2D eigenvalue weighted by Gasteiger charge is 2.03. The Balaban J connectivity index is 2.31. The molecule has 0 atom stereocenters. The molecule has 7 nitrogen and oxygen atoms in total. The Kier molecular flexibility index (Phi) is 2.69. The second kappa shape index (κ2) is 4.15. The third-order valence-corrected chi connectivity index (χ3v) is 2.19. The van der Waals surface area contributed by atoms with Crippen LogP contribution in [0.4, 0.5) is 5.95 Å². The first-order chi connectivity index (χ1) is 7.69. The number of aryl methyl sites for hydroxylation is 1. The Hall–Kier alpha value is -2.15. The van der Waals surface area contributed by atoms with Crippen LogP contribution in [0.25, 0.3) is 0 Å². The molecular weight excluding hydrogens is 208 g/mol. The SMILES string of the molecule is Cc1nccn1Cc1cc(=O)[nH]c(NN)n1. The number of nitrogens with two attached hydrogens (primary N) is 1. The molecule has 0 aliphatic rings. The zero-order valence-electron chi connectivity index (χ0n) is 8.77. The first kappa shape index (κ1) is 10.4. The molecule has 0 fully saturated rings. The van der Waals surface area contributed by atoms with Gasteiger partial charge in [0.2, 0.25) is 5.95 Å². The number of aromatic nitrogens is 4. The van der Waals surface area contributed by atoms with Gasteiger partial charge in [-0.15, -0.1) is 0 Å². The lowest BCUT2D eigenvalue weighted by atomic mass is 10.4. The van der Waals surface area contributed by atoms with Crippen LogP contribution in [0.3, 0.4) is 0 Å². The molecule has 0 unspecified atom stereocenters. The minimum atomic E-state index is -0.240. The van der Waals surface area contributed by atoms with E-state index in [-0.39, 0.29) is 11.5 Å². The van der Waals surface area contributed by atoms with Crippen molar-refractivity contribution in [1.29, 1.82) is 0 Å². The predicted octanol–water partition coefficient (Wildman–Crippen LogP) is -0.391. The molecule has 84 valence electrons. The molecule has 7 heteroatoms. The Morgan fingerprint density at radius 2 is 2.44 bits per heavy atom. The van der Waals surface area contributed by atoms with Crippen LogP contribution in [0.1, 0.15) is 11.5 Å². The molecule has 4 N–H and O–H groups in total. The molecule has 0 bridgehead atoms. The van der Waals surface area contributed by atoms with Gasteiger partial charge in [-0.2, -0.15) is 0 Å². The number of hydrazine groups is 1. The van der Waals surface area contributed by atoms with Crippen LogP contribution in [0.5, 0.6) is 0 Å². The van der Waals surface area contributed by atoms with E-state index in [9.17, 15) is 4.79 Å². The largest absolute Gasteiger partial charge is 0.329 e. The average Bonchev–Trinajstić information content (AvgIpc) is 2.63. The molecule has 0 amide bonds. The molecule has 0 saturated heterocycles. The zero-order valence-corrected chi connectivity index (χ0v) is 8.77. The summed E-state index contributed by atoms with van der Waals surface area (Å²) in [5, 5.41) is 0. The number of nitrogens with one attached hydrogen (secondary N) is 2. The summed E-state index contributed by atoms with van der Waals surface area (Å²) in [5.74, 6) is 6.30. The summed E-state index contributed by atoms with van der Waals surface area (Å²) in [6.07, 6.45) is 3.53. The number of hydrogen-bond acceptors (Lipinski definition) is 5. The van der Waals surface area contributed by atoms with E-state index in [4.69, 9.17) is 5.84 Å². The smallest absolute Gasteiger partial charge is 0.252 e. The Labute approximate surface area is 91.3 Å². The van der Waals surface area contributed by atoms with E-state index in [1.807, 2.05) is 17.7 Å². The lowest BCUT2D eigenvalue weighted by Gasteiger charge is -2.05. The Morgan fingerprint density at radius 1 is 1.62 bits per heavy atom. The molecule has 2 aromatic heterocycles. The molecule has 0 radical (unpaired) electrons. The maximum absolute atomic E-state index is 11.3. The van der Waals surface area contributed by atoms with Gasteiger partial charge in [-0.1, -0.05) is 0 Å². The monoisotopic (exact) mass is 220 g/mol. The number of nitrogen functional groups attached to an aromatic ring is 1. The summed E-state index contributed by atoms with van der Waals surface area (Å²) < 4.78 is 1.89. The first-order valence-electron chi connectivity index (χ1n) is 4.73. The van der Waals surface area contributed by atoms with Crippen LogP contribution < -0.4 is 16.8 Å². The molecule has 2 aromatic rings. The summed E-state index contributed by atoms with van der Waals surface area (Å²) >= 11 is 0. The van der Waals surface area contributed by atoms with E-state index >= 15 is 0 Å². The number of imidazole rings is 1. The molecule has 0 spiro atoms. The number of nitrogens with zero attached hydrogens (tertiary/aromatic N) is 3. The molecule has 16 heavy (non-hydrogen) atoms. The van der Waals surface area contributed by atoms with E-state index in [1.54, 1.807) is 6.20 Å². The first-order valence-corrected chi connectivity index (χ1v) is 4.73. The number of rotatable bonds is 3. The second-order valence-electron chi connectivity index (χ2n) is 3.33. The summed E-state index contributed by atoms with van der Waals surface area (Å²) in [5.41, 5.74) is 2.69. The van der Waals surface area contributed by atoms with Crippen molar-refractivity contribution in [3.63, 3.8) is 0 Å². The topological polar surface area (TPSA) is 102 Å². The zero-order chi connectivity index (χ0) is 11.5. The average molecular weight is 220 g/mol. The second-order valence-corrected chi connectivity index (χ2v) is 3.33. The van der Waals surface area contributed by atoms with Gasteiger partial charge in [-0.05, 0) is 6.92 Å². The van der Waals surface area contributed by atoms with Crippen molar-refractivity contribution in [2.24, 2.45) is 5.84 Å². The van der Waals surface area contributed by atoms with E-state index in [0.29, 0.717) is 12.2 Å². The van der Waals surface area contributed by atoms with Gasteiger partial charge in [-0.25, -0.2) is 15.8 Å². The van der Waals surface area contributed by atoms with Crippen molar-refractivity contribution >= 4 is 5.95 Å². The highest BCUT2D eigenvalue weighted by atomic mass is 16.1. The minimum absolute atomic E-state index is 0.240. The molecular formula is C9H12N6O. The number of hydrogen-bond donors (Lipinski definition) is 3. The normalized spacial score (nSPS) is 10.4. The maximum atomic E-state index is 11.3. The van der Waals surface area contributed by atoms with Crippen LogP contribution >= 0.6 is 0 Å². The molecule has 0 saturated carbocycles. The summed E-state index contributed by atoms with van der Waals surface area (Å²) in [6, 6.07) is 1.43. The van der Waals surface area contributed by atoms with Crippen molar-refractivity contribution in [2.75, 3.05) is 5.43 Å². The standard InChI is InChI=1S/C9H12N6O/c1-6-11-2-3-15(6)5-7-4-8(16)13-9(12-7)14-10/h2-4H,5,10H2,1H3,(H2,12,13,14,16). The van der Waals surface area contributed by atoms with Crippen LogP contribution in [0.15, 0.2) is 23.3 Å². The van der Waals surface area contributed by atoms with Crippen LogP contribution in [-0.4, -0.2) is 19.5 Å². The lowest BCUT2D eigenvalue weighted by molar-refractivity contribution is 0.737. The fraction of sp³-hybridized carbons (Fsp3) is 0.222. The van der Waals surface area contributed by atoms with Gasteiger partial charge >= 0.3 is 0 Å². The third kappa shape index (κ3) is 2.09. The van der Waals surface area contributed by atoms with Crippen LogP contribution in [0.2, 0.25) is 0 Å². The van der Waals surface area contributed by atoms with Crippen LogP contribution in [0, 0.1) is 6.92 Å². The Morgan fingerprint density at radius 3 is 3.06 bits per heavy atom. The van der Waals surface area contributed by atoms with Crippen molar-refractivity contribution in [3.8, 4) is 0 Å². The van der Waals surface area contributed by atoms with Gasteiger partial charge in [-0.3, -0.25) is 15.2 Å². The van der Waals surface area contributed by atoms with Gasteiger partial charge in [0.25, 0.3) is 5.56 Å². The van der Waals surface area contributed by atoms with Gasteiger partial charge in [0.1, 0.15) is 5.82 Å². The fourth-order valence-electron chi connectivity index (χ4n) is 1.40. The van der Waals surface area contributed by atoms with Crippen molar-refractivity contribution < 1.29 is 0 Å². The lowest BCUT2D eigenvalue weighted by Crippen LogP contribution is -2.18. The van der Waals surface area contributed by atoms with E-state index in [2.05, 4.69) is 20.4 Å². The van der Waals surface area contributed by atoms with Crippen molar-refractivity contribution in [3.05, 3.63) is 40.3 Å². The summed E-state index contributed by atoms with van der Waals surface area (Å²) in [6.45, 7) is 2.37. The van der Waals surface area contributed by atoms with Gasteiger partial charge in [0.05, 0.1) is 12.2 Å². The summed E-state index contributed by atoms with van der Waals surface area (Å²) in [4.78, 5) is 21.9. The quantitative estimate of drug-likeness (QED) is 0.483. The van der Waals surface area contributed by atoms with Gasteiger partial charge in [0.15, 0.2) is 0 Å². The molecule has 2 rings (SSSR count).